The zero-order valence-electron chi connectivity index (χ0n) is 10.2. The molecule has 17 heavy (non-hydrogen) atoms. The van der Waals surface area contributed by atoms with Crippen LogP contribution in [0.4, 0.5) is 0 Å². The minimum absolute atomic E-state index is 0.661. The van der Waals surface area contributed by atoms with Gasteiger partial charge in [-0.2, -0.15) is 0 Å². The third-order valence-corrected chi connectivity index (χ3v) is 3.72. The van der Waals surface area contributed by atoms with Gasteiger partial charge in [0.25, 0.3) is 0 Å². The monoisotopic (exact) mass is 232 g/mol. The van der Waals surface area contributed by atoms with E-state index in [2.05, 4.69) is 28.8 Å². The standard InChI is InChI=1S/C14H20N2O/c1-2-11-6-9-17-14(11)12(3-1)10-16-13-4-7-15-8-5-13/h1-3,13,15-16H,4-10H2. The van der Waals surface area contributed by atoms with Crippen LogP contribution in [0.2, 0.25) is 0 Å². The number of hydrogen-bond donors (Lipinski definition) is 2. The largest absolute Gasteiger partial charge is 0.493 e. The average molecular weight is 232 g/mol. The summed E-state index contributed by atoms with van der Waals surface area (Å²) in [6.45, 7) is 4.07. The molecule has 1 fully saturated rings. The zero-order chi connectivity index (χ0) is 11.5. The van der Waals surface area contributed by atoms with E-state index >= 15 is 0 Å². The summed E-state index contributed by atoms with van der Waals surface area (Å²) in [5, 5.41) is 7.04. The molecule has 1 aromatic rings. The molecule has 2 aliphatic heterocycles. The summed E-state index contributed by atoms with van der Waals surface area (Å²) in [5.41, 5.74) is 2.69. The minimum atomic E-state index is 0.661. The van der Waals surface area contributed by atoms with E-state index in [0.717, 1.165) is 38.4 Å². The third kappa shape index (κ3) is 2.45. The highest BCUT2D eigenvalue weighted by atomic mass is 16.5. The SMILES string of the molecule is c1cc2c(c(CNC3CCNCC3)c1)OCC2. The van der Waals surface area contributed by atoms with Crippen LogP contribution in [0.15, 0.2) is 18.2 Å². The molecular formula is C14H20N2O. The topological polar surface area (TPSA) is 33.3 Å². The van der Waals surface area contributed by atoms with E-state index in [-0.39, 0.29) is 0 Å². The number of fused-ring (bicyclic) bond motifs is 1. The van der Waals surface area contributed by atoms with Crippen molar-refractivity contribution in [3.05, 3.63) is 29.3 Å². The van der Waals surface area contributed by atoms with Crippen molar-refractivity contribution in [3.8, 4) is 5.75 Å². The molecule has 2 N–H and O–H groups in total. The second-order valence-corrected chi connectivity index (χ2v) is 4.91. The van der Waals surface area contributed by atoms with Crippen molar-refractivity contribution in [2.75, 3.05) is 19.7 Å². The van der Waals surface area contributed by atoms with Crippen LogP contribution in [0, 0.1) is 0 Å². The second kappa shape index (κ2) is 5.07. The quantitative estimate of drug-likeness (QED) is 0.828. The van der Waals surface area contributed by atoms with Gasteiger partial charge in [-0.1, -0.05) is 18.2 Å². The van der Waals surface area contributed by atoms with E-state index in [0.29, 0.717) is 6.04 Å². The van der Waals surface area contributed by atoms with Gasteiger partial charge in [-0.25, -0.2) is 0 Å². The Morgan fingerprint density at radius 1 is 1.29 bits per heavy atom. The molecule has 1 aromatic carbocycles. The van der Waals surface area contributed by atoms with E-state index in [1.165, 1.54) is 24.0 Å². The highest BCUT2D eigenvalue weighted by Crippen LogP contribution is 2.29. The summed E-state index contributed by atoms with van der Waals surface area (Å²) in [7, 11) is 0. The molecule has 0 bridgehead atoms. The van der Waals surface area contributed by atoms with Crippen LogP contribution in [0.25, 0.3) is 0 Å². The first-order valence-corrected chi connectivity index (χ1v) is 6.61. The average Bonchev–Trinajstić information content (AvgIpc) is 2.86. The number of piperidine rings is 1. The van der Waals surface area contributed by atoms with E-state index < -0.39 is 0 Å². The van der Waals surface area contributed by atoms with Crippen molar-refractivity contribution < 1.29 is 4.74 Å². The lowest BCUT2D eigenvalue weighted by Gasteiger charge is -2.24. The van der Waals surface area contributed by atoms with E-state index in [1.807, 2.05) is 0 Å². The summed E-state index contributed by atoms with van der Waals surface area (Å²) in [6.07, 6.45) is 3.53. The molecule has 0 unspecified atom stereocenters. The smallest absolute Gasteiger partial charge is 0.127 e. The predicted molar refractivity (Wildman–Crippen MR) is 68.4 cm³/mol. The summed E-state index contributed by atoms with van der Waals surface area (Å²) in [4.78, 5) is 0. The molecule has 3 rings (SSSR count). The fourth-order valence-electron chi connectivity index (χ4n) is 2.70. The van der Waals surface area contributed by atoms with Crippen LogP contribution >= 0.6 is 0 Å². The Hall–Kier alpha value is -1.06. The Bertz CT molecular complexity index is 386. The molecule has 2 heterocycles. The maximum atomic E-state index is 5.72. The fourth-order valence-corrected chi connectivity index (χ4v) is 2.70. The van der Waals surface area contributed by atoms with Crippen LogP contribution < -0.4 is 15.4 Å². The fraction of sp³-hybridized carbons (Fsp3) is 0.571. The normalized spacial score (nSPS) is 20.0. The molecular weight excluding hydrogens is 212 g/mol. The minimum Gasteiger partial charge on any atom is -0.493 e. The van der Waals surface area contributed by atoms with E-state index in [4.69, 9.17) is 4.74 Å². The molecule has 3 nitrogen and oxygen atoms in total. The molecule has 0 saturated carbocycles. The third-order valence-electron chi connectivity index (χ3n) is 3.72. The van der Waals surface area contributed by atoms with Crippen molar-refractivity contribution in [1.29, 1.82) is 0 Å². The van der Waals surface area contributed by atoms with E-state index in [1.54, 1.807) is 0 Å². The maximum absolute atomic E-state index is 5.72. The van der Waals surface area contributed by atoms with Crippen molar-refractivity contribution in [2.24, 2.45) is 0 Å². The summed E-state index contributed by atoms with van der Waals surface area (Å²) >= 11 is 0. The molecule has 0 amide bonds. The van der Waals surface area contributed by atoms with Gasteiger partial charge in [0, 0.05) is 24.6 Å². The van der Waals surface area contributed by atoms with Gasteiger partial charge in [0.05, 0.1) is 6.61 Å². The Labute approximate surface area is 103 Å². The molecule has 0 aliphatic carbocycles. The van der Waals surface area contributed by atoms with Gasteiger partial charge in [-0.3, -0.25) is 0 Å². The lowest BCUT2D eigenvalue weighted by atomic mass is 10.0. The van der Waals surface area contributed by atoms with Crippen LogP contribution in [-0.2, 0) is 13.0 Å². The number of ether oxygens (including phenoxy) is 1. The lowest BCUT2D eigenvalue weighted by molar-refractivity contribution is 0.347. The Morgan fingerprint density at radius 3 is 3.06 bits per heavy atom. The van der Waals surface area contributed by atoms with Crippen LogP contribution in [0.3, 0.4) is 0 Å². The first-order chi connectivity index (χ1) is 8.43. The molecule has 92 valence electrons. The predicted octanol–water partition coefficient (Wildman–Crippen LogP) is 1.46. The van der Waals surface area contributed by atoms with Crippen molar-refractivity contribution in [2.45, 2.75) is 31.8 Å². The Morgan fingerprint density at radius 2 is 2.18 bits per heavy atom. The van der Waals surface area contributed by atoms with Gasteiger partial charge in [0.2, 0.25) is 0 Å². The summed E-state index contributed by atoms with van der Waals surface area (Å²) in [5.74, 6) is 1.13. The van der Waals surface area contributed by atoms with Gasteiger partial charge in [-0.05, 0) is 31.5 Å². The van der Waals surface area contributed by atoms with Crippen molar-refractivity contribution in [3.63, 3.8) is 0 Å². The van der Waals surface area contributed by atoms with Gasteiger partial charge in [0.15, 0.2) is 0 Å². The highest BCUT2D eigenvalue weighted by molar-refractivity contribution is 5.43. The van der Waals surface area contributed by atoms with Gasteiger partial charge >= 0.3 is 0 Å². The second-order valence-electron chi connectivity index (χ2n) is 4.91. The van der Waals surface area contributed by atoms with E-state index in [9.17, 15) is 0 Å². The Balaban J connectivity index is 1.63. The number of benzene rings is 1. The molecule has 0 aromatic heterocycles. The van der Waals surface area contributed by atoms with Crippen molar-refractivity contribution in [1.82, 2.24) is 10.6 Å². The van der Waals surface area contributed by atoms with Gasteiger partial charge in [0.1, 0.15) is 5.75 Å². The molecule has 3 heteroatoms. The van der Waals surface area contributed by atoms with Crippen LogP contribution in [0.5, 0.6) is 5.75 Å². The molecule has 0 spiro atoms. The first kappa shape index (κ1) is 11.1. The number of para-hydroxylation sites is 1. The Kier molecular flexibility index (Phi) is 3.29. The molecule has 1 saturated heterocycles. The molecule has 0 atom stereocenters. The molecule has 0 radical (unpaired) electrons. The summed E-state index contributed by atoms with van der Waals surface area (Å²) in [6, 6.07) is 7.16. The first-order valence-electron chi connectivity index (χ1n) is 6.61. The van der Waals surface area contributed by atoms with Crippen molar-refractivity contribution >= 4 is 0 Å². The van der Waals surface area contributed by atoms with Crippen LogP contribution in [-0.4, -0.2) is 25.7 Å². The summed E-state index contributed by atoms with van der Waals surface area (Å²) < 4.78 is 5.72. The van der Waals surface area contributed by atoms with Gasteiger partial charge < -0.3 is 15.4 Å². The van der Waals surface area contributed by atoms with Gasteiger partial charge in [-0.15, -0.1) is 0 Å². The lowest BCUT2D eigenvalue weighted by Crippen LogP contribution is -2.39. The number of hydrogen-bond acceptors (Lipinski definition) is 3. The number of rotatable bonds is 3. The van der Waals surface area contributed by atoms with Crippen LogP contribution in [0.1, 0.15) is 24.0 Å². The number of nitrogens with one attached hydrogen (secondary N) is 2. The highest BCUT2D eigenvalue weighted by Gasteiger charge is 2.17. The zero-order valence-corrected chi connectivity index (χ0v) is 10.2. The molecule has 2 aliphatic rings. The maximum Gasteiger partial charge on any atom is 0.127 e.